The molecule has 1 aliphatic heterocycles. The van der Waals surface area contributed by atoms with Gasteiger partial charge >= 0.3 is 0 Å². The van der Waals surface area contributed by atoms with Crippen molar-refractivity contribution in [2.45, 2.75) is 39.7 Å². The molecular weight excluding hydrogens is 172 g/mol. The van der Waals surface area contributed by atoms with Crippen LogP contribution in [-0.2, 0) is 0 Å². The summed E-state index contributed by atoms with van der Waals surface area (Å²) in [5.41, 5.74) is 0. The third-order valence-electron chi connectivity index (χ3n) is 2.56. The first-order valence-corrected chi connectivity index (χ1v) is 5.39. The van der Waals surface area contributed by atoms with Crippen LogP contribution < -0.4 is 0 Å². The van der Waals surface area contributed by atoms with Crippen molar-refractivity contribution >= 4 is 6.34 Å². The van der Waals surface area contributed by atoms with E-state index < -0.39 is 0 Å². The predicted octanol–water partition coefficient (Wildman–Crippen LogP) is 3.18. The van der Waals surface area contributed by atoms with Gasteiger partial charge in [-0.1, -0.05) is 26.3 Å². The summed E-state index contributed by atoms with van der Waals surface area (Å²) < 4.78 is 0. The summed E-state index contributed by atoms with van der Waals surface area (Å²) >= 11 is 0. The SMILES string of the molecule is C/C=C\N1C=NC=CC1C(C)CCC. The molecule has 0 N–H and O–H groups in total. The number of nitrogens with zero attached hydrogens (tertiary/aromatic N) is 2. The Bertz CT molecular complexity index is 241. The van der Waals surface area contributed by atoms with Crippen molar-refractivity contribution in [2.24, 2.45) is 10.9 Å². The largest absolute Gasteiger partial charge is 0.332 e. The normalized spacial score (nSPS) is 23.4. The Labute approximate surface area is 87.0 Å². The van der Waals surface area contributed by atoms with Crippen LogP contribution in [0.3, 0.4) is 0 Å². The van der Waals surface area contributed by atoms with Gasteiger partial charge in [0.25, 0.3) is 0 Å². The van der Waals surface area contributed by atoms with Gasteiger partial charge in [0.05, 0.1) is 12.4 Å². The highest BCUT2D eigenvalue weighted by atomic mass is 15.2. The summed E-state index contributed by atoms with van der Waals surface area (Å²) in [6, 6.07) is 0.476. The van der Waals surface area contributed by atoms with Crippen molar-refractivity contribution in [2.75, 3.05) is 0 Å². The first kappa shape index (κ1) is 11.0. The third kappa shape index (κ3) is 2.72. The molecule has 1 heterocycles. The molecule has 0 aromatic heterocycles. The van der Waals surface area contributed by atoms with E-state index in [0.717, 1.165) is 0 Å². The molecule has 0 fully saturated rings. The van der Waals surface area contributed by atoms with E-state index in [0.29, 0.717) is 12.0 Å². The van der Waals surface area contributed by atoms with Gasteiger partial charge in [0.15, 0.2) is 0 Å². The van der Waals surface area contributed by atoms with Crippen molar-refractivity contribution < 1.29 is 0 Å². The molecule has 0 radical (unpaired) electrons. The highest BCUT2D eigenvalue weighted by molar-refractivity contribution is 5.60. The molecule has 2 heteroatoms. The maximum Gasteiger partial charge on any atom is 0.0950 e. The molecule has 78 valence electrons. The van der Waals surface area contributed by atoms with Crippen LogP contribution in [0.1, 0.15) is 33.6 Å². The van der Waals surface area contributed by atoms with Gasteiger partial charge in [-0.05, 0) is 25.3 Å². The van der Waals surface area contributed by atoms with Gasteiger partial charge in [-0.15, -0.1) is 0 Å². The van der Waals surface area contributed by atoms with Crippen LogP contribution in [0.5, 0.6) is 0 Å². The van der Waals surface area contributed by atoms with Crippen LogP contribution in [0, 0.1) is 5.92 Å². The topological polar surface area (TPSA) is 15.6 Å². The zero-order valence-electron chi connectivity index (χ0n) is 9.35. The molecule has 2 unspecified atom stereocenters. The molecule has 1 aliphatic rings. The van der Waals surface area contributed by atoms with Crippen LogP contribution >= 0.6 is 0 Å². The predicted molar refractivity (Wildman–Crippen MR) is 62.1 cm³/mol. The monoisotopic (exact) mass is 192 g/mol. The summed E-state index contributed by atoms with van der Waals surface area (Å²) in [6.07, 6.45) is 12.6. The summed E-state index contributed by atoms with van der Waals surface area (Å²) in [6.45, 7) is 6.57. The Morgan fingerprint density at radius 1 is 1.57 bits per heavy atom. The van der Waals surface area contributed by atoms with Crippen molar-refractivity contribution in [1.29, 1.82) is 0 Å². The maximum atomic E-state index is 4.14. The number of rotatable bonds is 4. The molecule has 0 bridgehead atoms. The van der Waals surface area contributed by atoms with E-state index in [-0.39, 0.29) is 0 Å². The molecule has 0 aromatic rings. The first-order valence-electron chi connectivity index (χ1n) is 5.39. The van der Waals surface area contributed by atoms with Crippen molar-refractivity contribution in [1.82, 2.24) is 4.90 Å². The second-order valence-electron chi connectivity index (χ2n) is 3.79. The lowest BCUT2D eigenvalue weighted by molar-refractivity contribution is 0.334. The first-order chi connectivity index (χ1) is 6.79. The molecule has 14 heavy (non-hydrogen) atoms. The van der Waals surface area contributed by atoms with Crippen LogP contribution in [0.25, 0.3) is 0 Å². The highest BCUT2D eigenvalue weighted by Crippen LogP contribution is 2.19. The Morgan fingerprint density at radius 3 is 3.00 bits per heavy atom. The molecule has 0 aromatic carbocycles. The summed E-state index contributed by atoms with van der Waals surface area (Å²) in [5.74, 6) is 0.680. The molecule has 2 atom stereocenters. The molecule has 0 saturated heterocycles. The quantitative estimate of drug-likeness (QED) is 0.668. The molecule has 0 saturated carbocycles. The van der Waals surface area contributed by atoms with E-state index in [1.165, 1.54) is 12.8 Å². The minimum atomic E-state index is 0.476. The van der Waals surface area contributed by atoms with Gasteiger partial charge in [-0.2, -0.15) is 0 Å². The molecule has 0 spiro atoms. The molecular formula is C12H20N2. The van der Waals surface area contributed by atoms with Crippen LogP contribution in [0.4, 0.5) is 0 Å². The minimum absolute atomic E-state index is 0.476. The van der Waals surface area contributed by atoms with Gasteiger partial charge in [0, 0.05) is 12.4 Å². The summed E-state index contributed by atoms with van der Waals surface area (Å²) in [7, 11) is 0. The minimum Gasteiger partial charge on any atom is -0.332 e. The average Bonchev–Trinajstić information content (AvgIpc) is 2.19. The van der Waals surface area contributed by atoms with Gasteiger partial charge in [-0.25, -0.2) is 4.99 Å². The lowest BCUT2D eigenvalue weighted by Crippen LogP contribution is -2.34. The zero-order valence-corrected chi connectivity index (χ0v) is 9.35. The number of allylic oxidation sites excluding steroid dienone is 1. The smallest absolute Gasteiger partial charge is 0.0950 e. The van der Waals surface area contributed by atoms with E-state index in [1.54, 1.807) is 0 Å². The fraction of sp³-hybridized carbons (Fsp3) is 0.583. The van der Waals surface area contributed by atoms with Crippen molar-refractivity contribution in [3.63, 3.8) is 0 Å². The molecule has 0 aliphatic carbocycles. The Balaban J connectivity index is 2.64. The summed E-state index contributed by atoms with van der Waals surface area (Å²) in [4.78, 5) is 6.32. The number of hydrogen-bond acceptors (Lipinski definition) is 2. The third-order valence-corrected chi connectivity index (χ3v) is 2.56. The lowest BCUT2D eigenvalue weighted by atomic mass is 9.95. The Kier molecular flexibility index (Phi) is 4.44. The van der Waals surface area contributed by atoms with Gasteiger partial charge in [-0.3, -0.25) is 0 Å². The maximum absolute atomic E-state index is 4.14. The lowest BCUT2D eigenvalue weighted by Gasteiger charge is -2.31. The van der Waals surface area contributed by atoms with Crippen molar-refractivity contribution in [3.8, 4) is 0 Å². The van der Waals surface area contributed by atoms with Crippen molar-refractivity contribution in [3.05, 3.63) is 24.6 Å². The van der Waals surface area contributed by atoms with Gasteiger partial charge in [0.1, 0.15) is 0 Å². The fourth-order valence-corrected chi connectivity index (χ4v) is 1.85. The van der Waals surface area contributed by atoms with E-state index in [9.17, 15) is 0 Å². The second-order valence-corrected chi connectivity index (χ2v) is 3.79. The second kappa shape index (κ2) is 5.63. The van der Waals surface area contributed by atoms with Gasteiger partial charge < -0.3 is 4.90 Å². The summed E-state index contributed by atoms with van der Waals surface area (Å²) in [5, 5.41) is 0. The zero-order chi connectivity index (χ0) is 10.4. The number of hydrogen-bond donors (Lipinski definition) is 0. The molecule has 2 nitrogen and oxygen atoms in total. The average molecular weight is 192 g/mol. The fourth-order valence-electron chi connectivity index (χ4n) is 1.85. The van der Waals surface area contributed by atoms with E-state index >= 15 is 0 Å². The molecule has 1 rings (SSSR count). The number of aliphatic imine (C=N–C) groups is 1. The van der Waals surface area contributed by atoms with Crippen LogP contribution in [-0.4, -0.2) is 17.3 Å². The Hall–Kier alpha value is -1.05. The Morgan fingerprint density at radius 2 is 2.36 bits per heavy atom. The van der Waals surface area contributed by atoms with Gasteiger partial charge in [0.2, 0.25) is 0 Å². The van der Waals surface area contributed by atoms with E-state index in [2.05, 4.69) is 42.1 Å². The van der Waals surface area contributed by atoms with E-state index in [1.807, 2.05) is 19.5 Å². The van der Waals surface area contributed by atoms with Crippen LogP contribution in [0.2, 0.25) is 0 Å². The highest BCUT2D eigenvalue weighted by Gasteiger charge is 2.19. The van der Waals surface area contributed by atoms with Crippen LogP contribution in [0.15, 0.2) is 29.5 Å². The molecule has 0 amide bonds. The van der Waals surface area contributed by atoms with E-state index in [4.69, 9.17) is 0 Å². The standard InChI is InChI=1S/C12H20N2/c1-4-6-11(3)12-7-8-13-10-14(12)9-5-2/h5,7-12H,4,6H2,1-3H3/b9-5-.